The van der Waals surface area contributed by atoms with E-state index in [-0.39, 0.29) is 11.8 Å². The SMILES string of the molecule is C=CCNC(C)C(=O)c1ccc2c(c1)CCC2. The largest absolute Gasteiger partial charge is 0.304 e. The van der Waals surface area contributed by atoms with Crippen molar-refractivity contribution in [2.75, 3.05) is 6.54 Å². The van der Waals surface area contributed by atoms with Gasteiger partial charge in [0.15, 0.2) is 5.78 Å². The van der Waals surface area contributed by atoms with Crippen LogP contribution in [0, 0.1) is 0 Å². The summed E-state index contributed by atoms with van der Waals surface area (Å²) < 4.78 is 0. The molecule has 1 aromatic carbocycles. The Morgan fingerprint density at radius 1 is 1.47 bits per heavy atom. The molecule has 0 aromatic heterocycles. The maximum absolute atomic E-state index is 12.2. The van der Waals surface area contributed by atoms with Crippen molar-refractivity contribution in [2.24, 2.45) is 0 Å². The van der Waals surface area contributed by atoms with Crippen molar-refractivity contribution in [1.82, 2.24) is 5.32 Å². The Bertz CT molecular complexity index is 437. The summed E-state index contributed by atoms with van der Waals surface area (Å²) in [6, 6.07) is 5.98. The molecule has 0 saturated carbocycles. The number of aryl methyl sites for hydroxylation is 2. The Morgan fingerprint density at radius 2 is 2.24 bits per heavy atom. The number of rotatable bonds is 5. The zero-order chi connectivity index (χ0) is 12.3. The molecule has 1 unspecified atom stereocenters. The molecular formula is C15H19NO. The summed E-state index contributed by atoms with van der Waals surface area (Å²) >= 11 is 0. The van der Waals surface area contributed by atoms with E-state index in [9.17, 15) is 4.79 Å². The molecule has 0 amide bonds. The van der Waals surface area contributed by atoms with Gasteiger partial charge in [0.2, 0.25) is 0 Å². The van der Waals surface area contributed by atoms with E-state index >= 15 is 0 Å². The molecule has 1 aliphatic rings. The van der Waals surface area contributed by atoms with Gasteiger partial charge in [0.05, 0.1) is 6.04 Å². The summed E-state index contributed by atoms with van der Waals surface area (Å²) in [5.74, 6) is 0.168. The van der Waals surface area contributed by atoms with Gasteiger partial charge in [0.1, 0.15) is 0 Å². The van der Waals surface area contributed by atoms with Crippen molar-refractivity contribution in [1.29, 1.82) is 0 Å². The van der Waals surface area contributed by atoms with Crippen LogP contribution in [-0.4, -0.2) is 18.4 Å². The molecule has 1 N–H and O–H groups in total. The van der Waals surface area contributed by atoms with Gasteiger partial charge in [-0.1, -0.05) is 18.2 Å². The molecule has 90 valence electrons. The molecule has 0 heterocycles. The summed E-state index contributed by atoms with van der Waals surface area (Å²) in [5, 5.41) is 3.13. The maximum Gasteiger partial charge on any atom is 0.179 e. The van der Waals surface area contributed by atoms with Crippen molar-refractivity contribution in [3.63, 3.8) is 0 Å². The minimum absolute atomic E-state index is 0.146. The van der Waals surface area contributed by atoms with E-state index in [2.05, 4.69) is 24.0 Å². The van der Waals surface area contributed by atoms with Crippen LogP contribution in [0.25, 0.3) is 0 Å². The van der Waals surface area contributed by atoms with Gasteiger partial charge in [-0.15, -0.1) is 6.58 Å². The monoisotopic (exact) mass is 229 g/mol. The highest BCUT2D eigenvalue weighted by atomic mass is 16.1. The molecule has 2 heteroatoms. The second kappa shape index (κ2) is 5.28. The minimum Gasteiger partial charge on any atom is -0.304 e. The Hall–Kier alpha value is -1.41. The first-order valence-corrected chi connectivity index (χ1v) is 6.22. The molecule has 0 fully saturated rings. The van der Waals surface area contributed by atoms with E-state index < -0.39 is 0 Å². The van der Waals surface area contributed by atoms with E-state index in [4.69, 9.17) is 0 Å². The summed E-state index contributed by atoms with van der Waals surface area (Å²) in [7, 11) is 0. The minimum atomic E-state index is -0.146. The van der Waals surface area contributed by atoms with Crippen molar-refractivity contribution in [3.05, 3.63) is 47.5 Å². The Labute approximate surface area is 103 Å². The predicted molar refractivity (Wildman–Crippen MR) is 70.5 cm³/mol. The third kappa shape index (κ3) is 2.64. The summed E-state index contributed by atoms with van der Waals surface area (Å²) in [6.45, 7) is 6.20. The highest BCUT2D eigenvalue weighted by Gasteiger charge is 2.17. The molecule has 1 aromatic rings. The third-order valence-corrected chi connectivity index (χ3v) is 3.34. The zero-order valence-corrected chi connectivity index (χ0v) is 10.3. The Balaban J connectivity index is 2.11. The zero-order valence-electron chi connectivity index (χ0n) is 10.3. The number of carbonyl (C=O) groups excluding carboxylic acids is 1. The summed E-state index contributed by atoms with van der Waals surface area (Å²) in [4.78, 5) is 12.2. The number of hydrogen-bond donors (Lipinski definition) is 1. The number of nitrogens with one attached hydrogen (secondary N) is 1. The Kier molecular flexibility index (Phi) is 3.75. The molecule has 1 aliphatic carbocycles. The maximum atomic E-state index is 12.2. The lowest BCUT2D eigenvalue weighted by Crippen LogP contribution is -2.34. The van der Waals surface area contributed by atoms with Crippen LogP contribution in [0.2, 0.25) is 0 Å². The first-order valence-electron chi connectivity index (χ1n) is 6.22. The van der Waals surface area contributed by atoms with Crippen LogP contribution >= 0.6 is 0 Å². The van der Waals surface area contributed by atoms with Crippen LogP contribution in [0.5, 0.6) is 0 Å². The summed E-state index contributed by atoms with van der Waals surface area (Å²) in [5.41, 5.74) is 3.59. The fourth-order valence-corrected chi connectivity index (χ4v) is 2.33. The molecule has 0 aliphatic heterocycles. The second-order valence-corrected chi connectivity index (χ2v) is 4.62. The van der Waals surface area contributed by atoms with Crippen LogP contribution in [-0.2, 0) is 12.8 Å². The van der Waals surface area contributed by atoms with Crippen molar-refractivity contribution in [3.8, 4) is 0 Å². The molecule has 0 bridgehead atoms. The van der Waals surface area contributed by atoms with E-state index in [0.717, 1.165) is 18.4 Å². The topological polar surface area (TPSA) is 29.1 Å². The first kappa shape index (κ1) is 12.1. The second-order valence-electron chi connectivity index (χ2n) is 4.62. The normalized spacial score (nSPS) is 15.4. The quantitative estimate of drug-likeness (QED) is 0.621. The molecular weight excluding hydrogens is 210 g/mol. The van der Waals surface area contributed by atoms with Gasteiger partial charge in [-0.2, -0.15) is 0 Å². The van der Waals surface area contributed by atoms with Gasteiger partial charge in [-0.05, 0) is 43.4 Å². The fourth-order valence-electron chi connectivity index (χ4n) is 2.33. The van der Waals surface area contributed by atoms with Crippen LogP contribution in [0.1, 0.15) is 34.8 Å². The van der Waals surface area contributed by atoms with Crippen LogP contribution in [0.4, 0.5) is 0 Å². The number of fused-ring (bicyclic) bond motifs is 1. The van der Waals surface area contributed by atoms with E-state index in [1.165, 1.54) is 17.5 Å². The average molecular weight is 229 g/mol. The standard InChI is InChI=1S/C15H19NO/c1-3-9-16-11(2)15(17)14-8-7-12-5-4-6-13(12)10-14/h3,7-8,10-11,16H,1,4-6,9H2,2H3. The fraction of sp³-hybridized carbons (Fsp3) is 0.400. The van der Waals surface area contributed by atoms with Gasteiger partial charge in [-0.25, -0.2) is 0 Å². The highest BCUT2D eigenvalue weighted by molar-refractivity contribution is 6.00. The number of ketones is 1. The molecule has 2 nitrogen and oxygen atoms in total. The van der Waals surface area contributed by atoms with Gasteiger partial charge < -0.3 is 5.32 Å². The molecule has 2 rings (SSSR count). The lowest BCUT2D eigenvalue weighted by Gasteiger charge is -2.12. The average Bonchev–Trinajstić information content (AvgIpc) is 2.81. The molecule has 0 radical (unpaired) electrons. The van der Waals surface area contributed by atoms with Crippen LogP contribution < -0.4 is 5.32 Å². The first-order chi connectivity index (χ1) is 8.22. The number of benzene rings is 1. The third-order valence-electron chi connectivity index (χ3n) is 3.34. The van der Waals surface area contributed by atoms with E-state index in [1.54, 1.807) is 6.08 Å². The van der Waals surface area contributed by atoms with Gasteiger partial charge >= 0.3 is 0 Å². The van der Waals surface area contributed by atoms with Crippen molar-refractivity contribution in [2.45, 2.75) is 32.2 Å². The van der Waals surface area contributed by atoms with Crippen molar-refractivity contribution >= 4 is 5.78 Å². The highest BCUT2D eigenvalue weighted by Crippen LogP contribution is 2.23. The number of carbonyl (C=O) groups is 1. The molecule has 0 spiro atoms. The van der Waals surface area contributed by atoms with Gasteiger partial charge in [0, 0.05) is 12.1 Å². The molecule has 17 heavy (non-hydrogen) atoms. The van der Waals surface area contributed by atoms with Crippen LogP contribution in [0.15, 0.2) is 30.9 Å². The van der Waals surface area contributed by atoms with E-state index in [1.807, 2.05) is 13.0 Å². The van der Waals surface area contributed by atoms with Crippen LogP contribution in [0.3, 0.4) is 0 Å². The predicted octanol–water partition coefficient (Wildman–Crippen LogP) is 2.52. The smallest absolute Gasteiger partial charge is 0.179 e. The summed E-state index contributed by atoms with van der Waals surface area (Å²) in [6.07, 6.45) is 5.27. The van der Waals surface area contributed by atoms with Crippen molar-refractivity contribution < 1.29 is 4.79 Å². The molecule has 0 saturated heterocycles. The number of Topliss-reactive ketones (excluding diaryl/α,β-unsaturated/α-hetero) is 1. The lowest BCUT2D eigenvalue weighted by atomic mass is 10.0. The molecule has 1 atom stereocenters. The van der Waals surface area contributed by atoms with E-state index in [0.29, 0.717) is 6.54 Å². The van der Waals surface area contributed by atoms with Gasteiger partial charge in [0.25, 0.3) is 0 Å². The Morgan fingerprint density at radius 3 is 3.00 bits per heavy atom. The number of hydrogen-bond acceptors (Lipinski definition) is 2. The van der Waals surface area contributed by atoms with Gasteiger partial charge in [-0.3, -0.25) is 4.79 Å². The lowest BCUT2D eigenvalue weighted by molar-refractivity contribution is 0.0953.